The summed E-state index contributed by atoms with van der Waals surface area (Å²) in [4.78, 5) is 16.4. The van der Waals surface area contributed by atoms with Crippen molar-refractivity contribution in [1.82, 2.24) is 15.0 Å². The van der Waals surface area contributed by atoms with Crippen LogP contribution in [0.25, 0.3) is 11.4 Å². The van der Waals surface area contributed by atoms with Crippen LogP contribution in [0.4, 0.5) is 5.82 Å². The molecule has 0 saturated carbocycles. The Kier molecular flexibility index (Phi) is 4.00. The summed E-state index contributed by atoms with van der Waals surface area (Å²) in [5.74, 6) is 2.92. The molecule has 0 atom stereocenters. The van der Waals surface area contributed by atoms with Crippen LogP contribution in [-0.2, 0) is 25.8 Å². The number of nitrogens with zero attached hydrogens (tertiary/aromatic N) is 4. The van der Waals surface area contributed by atoms with E-state index in [-0.39, 0.29) is 0 Å². The van der Waals surface area contributed by atoms with Crippen LogP contribution < -0.4 is 9.64 Å². The predicted molar refractivity (Wildman–Crippen MR) is 105 cm³/mol. The smallest absolute Gasteiger partial charge is 0.161 e. The Morgan fingerprint density at radius 1 is 0.963 bits per heavy atom. The molecule has 1 aliphatic heterocycles. The van der Waals surface area contributed by atoms with E-state index in [1.165, 1.54) is 22.4 Å². The lowest BCUT2D eigenvalue weighted by Gasteiger charge is -2.32. The maximum absolute atomic E-state index is 5.55. The predicted octanol–water partition coefficient (Wildman–Crippen LogP) is 3.60. The van der Waals surface area contributed by atoms with Gasteiger partial charge >= 0.3 is 0 Å². The van der Waals surface area contributed by atoms with E-state index >= 15 is 0 Å². The number of rotatable bonds is 3. The number of methoxy groups -OCH3 is 1. The van der Waals surface area contributed by atoms with Crippen molar-refractivity contribution in [3.63, 3.8) is 0 Å². The molecule has 2 aromatic heterocycles. The van der Waals surface area contributed by atoms with Crippen LogP contribution in [0.2, 0.25) is 0 Å². The third kappa shape index (κ3) is 2.83. The average Bonchev–Trinajstić information content (AvgIpc) is 3.21. The number of anilines is 1. The highest BCUT2D eigenvalue weighted by molar-refractivity contribution is 5.62. The summed E-state index contributed by atoms with van der Waals surface area (Å²) in [6, 6.07) is 10.3. The fourth-order valence-corrected chi connectivity index (χ4v) is 4.25. The summed E-state index contributed by atoms with van der Waals surface area (Å²) in [6.07, 6.45) is 7.85. The Labute approximate surface area is 159 Å². The van der Waals surface area contributed by atoms with Gasteiger partial charge in [-0.05, 0) is 49.4 Å². The second-order valence-electron chi connectivity index (χ2n) is 7.16. The molecule has 5 heteroatoms. The Morgan fingerprint density at radius 3 is 2.70 bits per heavy atom. The summed E-state index contributed by atoms with van der Waals surface area (Å²) < 4.78 is 5.55. The zero-order chi connectivity index (χ0) is 18.2. The van der Waals surface area contributed by atoms with Gasteiger partial charge in [-0.1, -0.05) is 12.1 Å². The molecule has 5 nitrogen and oxygen atoms in total. The molecule has 3 heterocycles. The fourth-order valence-electron chi connectivity index (χ4n) is 4.25. The van der Waals surface area contributed by atoms with Crippen LogP contribution in [0.15, 0.2) is 42.7 Å². The minimum atomic E-state index is 0.810. The molecular formula is C22H22N4O. The molecule has 1 aliphatic carbocycles. The minimum absolute atomic E-state index is 0.810. The van der Waals surface area contributed by atoms with Crippen molar-refractivity contribution in [3.8, 4) is 17.1 Å². The van der Waals surface area contributed by atoms with E-state index in [0.717, 1.165) is 61.7 Å². The lowest BCUT2D eigenvalue weighted by molar-refractivity contribution is 0.407. The molecule has 0 bridgehead atoms. The van der Waals surface area contributed by atoms with E-state index in [2.05, 4.69) is 28.1 Å². The summed E-state index contributed by atoms with van der Waals surface area (Å²) in [5, 5.41) is 0. The van der Waals surface area contributed by atoms with Crippen molar-refractivity contribution in [3.05, 3.63) is 65.1 Å². The summed E-state index contributed by atoms with van der Waals surface area (Å²) >= 11 is 0. The van der Waals surface area contributed by atoms with Gasteiger partial charge in [0.1, 0.15) is 11.6 Å². The van der Waals surface area contributed by atoms with Crippen LogP contribution in [0.1, 0.15) is 28.8 Å². The zero-order valence-electron chi connectivity index (χ0n) is 15.5. The van der Waals surface area contributed by atoms with Gasteiger partial charge in [-0.25, -0.2) is 9.97 Å². The molecule has 5 rings (SSSR count). The third-order valence-corrected chi connectivity index (χ3v) is 5.59. The van der Waals surface area contributed by atoms with Crippen LogP contribution in [0.5, 0.6) is 5.75 Å². The first-order valence-corrected chi connectivity index (χ1v) is 9.53. The molecule has 0 fully saturated rings. The lowest BCUT2D eigenvalue weighted by Crippen LogP contribution is -2.32. The highest BCUT2D eigenvalue weighted by Crippen LogP contribution is 2.35. The normalized spacial score (nSPS) is 15.4. The minimum Gasteiger partial charge on any atom is -0.496 e. The largest absolute Gasteiger partial charge is 0.496 e. The molecule has 1 aromatic carbocycles. The van der Waals surface area contributed by atoms with E-state index < -0.39 is 0 Å². The summed E-state index contributed by atoms with van der Waals surface area (Å²) in [6.45, 7) is 1.82. The van der Waals surface area contributed by atoms with Gasteiger partial charge in [0.15, 0.2) is 5.82 Å². The third-order valence-electron chi connectivity index (χ3n) is 5.59. The highest BCUT2D eigenvalue weighted by atomic mass is 16.5. The van der Waals surface area contributed by atoms with Crippen molar-refractivity contribution in [1.29, 1.82) is 0 Å². The van der Waals surface area contributed by atoms with E-state index in [0.29, 0.717) is 0 Å². The summed E-state index contributed by atoms with van der Waals surface area (Å²) in [5.41, 5.74) is 6.23. The number of ether oxygens (including phenoxy) is 1. The first kappa shape index (κ1) is 16.2. The van der Waals surface area contributed by atoms with Crippen LogP contribution in [0.3, 0.4) is 0 Å². The van der Waals surface area contributed by atoms with Crippen molar-refractivity contribution in [2.45, 2.75) is 32.2 Å². The Balaban J connectivity index is 1.56. The van der Waals surface area contributed by atoms with E-state index in [4.69, 9.17) is 14.7 Å². The molecule has 0 saturated heterocycles. The fraction of sp³-hybridized carbons (Fsp3) is 0.318. The molecule has 3 aromatic rings. The van der Waals surface area contributed by atoms with E-state index in [1.54, 1.807) is 19.5 Å². The first-order chi connectivity index (χ1) is 13.3. The first-order valence-electron chi connectivity index (χ1n) is 9.53. The SMILES string of the molecule is COc1cccc2c1CCN(c1nc(-c3ccncc3)nc3c1CCC3)C2. The Hall–Kier alpha value is -2.95. The maximum atomic E-state index is 5.55. The van der Waals surface area contributed by atoms with Crippen molar-refractivity contribution >= 4 is 5.82 Å². The zero-order valence-corrected chi connectivity index (χ0v) is 15.5. The van der Waals surface area contributed by atoms with Crippen LogP contribution in [0, 0.1) is 0 Å². The van der Waals surface area contributed by atoms with Gasteiger partial charge in [0, 0.05) is 47.9 Å². The lowest BCUT2D eigenvalue weighted by atomic mass is 9.98. The van der Waals surface area contributed by atoms with Crippen molar-refractivity contribution in [2.24, 2.45) is 0 Å². The Bertz CT molecular complexity index is 987. The van der Waals surface area contributed by atoms with Gasteiger partial charge in [-0.3, -0.25) is 4.98 Å². The monoisotopic (exact) mass is 358 g/mol. The molecule has 0 spiro atoms. The van der Waals surface area contributed by atoms with Gasteiger partial charge in [0.05, 0.1) is 7.11 Å². The number of hydrogen-bond acceptors (Lipinski definition) is 5. The molecule has 0 N–H and O–H groups in total. The molecule has 0 unspecified atom stereocenters. The van der Waals surface area contributed by atoms with E-state index in [9.17, 15) is 0 Å². The maximum Gasteiger partial charge on any atom is 0.161 e. The topological polar surface area (TPSA) is 51.1 Å². The van der Waals surface area contributed by atoms with Gasteiger partial charge in [-0.2, -0.15) is 0 Å². The van der Waals surface area contributed by atoms with Gasteiger partial charge < -0.3 is 9.64 Å². The van der Waals surface area contributed by atoms with Crippen molar-refractivity contribution in [2.75, 3.05) is 18.6 Å². The van der Waals surface area contributed by atoms with Gasteiger partial charge in [0.25, 0.3) is 0 Å². The molecule has 0 radical (unpaired) electrons. The van der Waals surface area contributed by atoms with Crippen LogP contribution in [-0.4, -0.2) is 28.6 Å². The Morgan fingerprint density at radius 2 is 1.85 bits per heavy atom. The summed E-state index contributed by atoms with van der Waals surface area (Å²) in [7, 11) is 1.75. The molecule has 136 valence electrons. The van der Waals surface area contributed by atoms with Crippen molar-refractivity contribution < 1.29 is 4.74 Å². The molecule has 27 heavy (non-hydrogen) atoms. The number of aromatic nitrogens is 3. The molecular weight excluding hydrogens is 336 g/mol. The second-order valence-corrected chi connectivity index (χ2v) is 7.16. The highest BCUT2D eigenvalue weighted by Gasteiger charge is 2.26. The standard InChI is InChI=1S/C22H22N4O/c1-27-20-7-2-4-16-14-26(13-10-17(16)20)22-18-5-3-6-19(18)24-21(25-22)15-8-11-23-12-9-15/h2,4,7-9,11-12H,3,5-6,10,13-14H2,1H3. The van der Waals surface area contributed by atoms with Crippen LogP contribution >= 0.6 is 0 Å². The number of aryl methyl sites for hydroxylation is 1. The van der Waals surface area contributed by atoms with Gasteiger partial charge in [-0.15, -0.1) is 0 Å². The quantitative estimate of drug-likeness (QED) is 0.716. The van der Waals surface area contributed by atoms with E-state index in [1.807, 2.05) is 12.1 Å². The molecule has 2 aliphatic rings. The number of fused-ring (bicyclic) bond motifs is 2. The second kappa shape index (κ2) is 6.65. The number of pyridine rings is 1. The molecule has 0 amide bonds. The van der Waals surface area contributed by atoms with Gasteiger partial charge in [0.2, 0.25) is 0 Å². The number of hydrogen-bond donors (Lipinski definition) is 0. The average molecular weight is 358 g/mol. The number of benzene rings is 1.